The van der Waals surface area contributed by atoms with Crippen LogP contribution >= 0.6 is 35.2 Å². The standard InChI is InChI=1S/C33H54N7O17P3S/c1-4-5-6-7-8-9-10-11-12-13-24(42)61-17-16-35-23(41)14-15-36-31(45)28(44)33(2,3)19-54-60(51,52)57-59(49,50)53-18-22-27(56-58(46,47)48)26(43)32(55-22)40-21-39-25-29(34)37-20-38-30(25)40/h8-9,11-12,20-22,26-28,32,43-44H,4-7,10,13-19H2,1-3H3,(H,35,41)(H,36,45)(H,49,50)(H,51,52)(H2,34,37,38)(H2,46,47,48)/b9-8+,12-11+/t22-,26-,27-,28+,32-/m1/s1. The molecule has 2 amide bonds. The zero-order valence-corrected chi connectivity index (χ0v) is 37.1. The number of ether oxygens (including phenoxy) is 1. The zero-order valence-electron chi connectivity index (χ0n) is 33.6. The highest BCUT2D eigenvalue weighted by Gasteiger charge is 2.50. The minimum Gasteiger partial charge on any atom is -0.386 e. The molecule has 1 aliphatic heterocycles. The van der Waals surface area contributed by atoms with E-state index in [9.17, 15) is 57.9 Å². The number of hydrogen-bond donors (Lipinski definition) is 9. The summed E-state index contributed by atoms with van der Waals surface area (Å²) in [5.41, 5.74) is 4.27. The lowest BCUT2D eigenvalue weighted by Crippen LogP contribution is -2.46. The van der Waals surface area contributed by atoms with E-state index in [2.05, 4.69) is 53.5 Å². The van der Waals surface area contributed by atoms with E-state index in [-0.39, 0.29) is 48.0 Å². The fourth-order valence-corrected chi connectivity index (χ4v) is 8.91. The van der Waals surface area contributed by atoms with Crippen LogP contribution in [0.2, 0.25) is 0 Å². The summed E-state index contributed by atoms with van der Waals surface area (Å²) in [5, 5.41) is 26.4. The van der Waals surface area contributed by atoms with Gasteiger partial charge in [-0.2, -0.15) is 4.31 Å². The molecular weight excluding hydrogens is 891 g/mol. The van der Waals surface area contributed by atoms with Gasteiger partial charge in [0.2, 0.25) is 11.8 Å². The number of amides is 2. The number of unbranched alkanes of at least 4 members (excludes halogenated alkanes) is 3. The van der Waals surface area contributed by atoms with Gasteiger partial charge in [0.05, 0.1) is 19.5 Å². The lowest BCUT2D eigenvalue weighted by molar-refractivity contribution is -0.137. The van der Waals surface area contributed by atoms with Crippen molar-refractivity contribution in [2.45, 2.75) is 96.4 Å². The number of rotatable bonds is 27. The van der Waals surface area contributed by atoms with Crippen LogP contribution in [-0.4, -0.2) is 123 Å². The molecule has 61 heavy (non-hydrogen) atoms. The monoisotopic (exact) mass is 945 g/mol. The van der Waals surface area contributed by atoms with Crippen LogP contribution in [0.3, 0.4) is 0 Å². The number of nitrogen functional groups attached to an aromatic ring is 1. The number of fused-ring (bicyclic) bond motifs is 1. The molecule has 344 valence electrons. The molecule has 0 saturated carbocycles. The summed E-state index contributed by atoms with van der Waals surface area (Å²) < 4.78 is 62.2. The van der Waals surface area contributed by atoms with E-state index in [1.807, 2.05) is 6.08 Å². The number of phosphoric acid groups is 3. The van der Waals surface area contributed by atoms with Crippen molar-refractivity contribution in [1.29, 1.82) is 0 Å². The van der Waals surface area contributed by atoms with E-state index in [4.69, 9.17) is 19.5 Å². The average molecular weight is 946 g/mol. The van der Waals surface area contributed by atoms with Crippen LogP contribution < -0.4 is 16.4 Å². The maximum absolute atomic E-state index is 12.7. The molecule has 0 radical (unpaired) electrons. The number of carbonyl (C=O) groups excluding carboxylic acids is 3. The molecule has 2 aromatic rings. The molecule has 1 saturated heterocycles. The summed E-state index contributed by atoms with van der Waals surface area (Å²) in [6, 6.07) is 0. The number of hydrogen-bond acceptors (Lipinski definition) is 18. The highest BCUT2D eigenvalue weighted by atomic mass is 32.2. The second-order valence-electron chi connectivity index (χ2n) is 14.2. The first-order valence-corrected chi connectivity index (χ1v) is 24.4. The van der Waals surface area contributed by atoms with Gasteiger partial charge < -0.3 is 50.9 Å². The molecular formula is C33H54N7O17P3S. The Morgan fingerprint density at radius 3 is 2.43 bits per heavy atom. The molecule has 24 nitrogen and oxygen atoms in total. The van der Waals surface area contributed by atoms with Crippen LogP contribution in [0.1, 0.15) is 71.9 Å². The van der Waals surface area contributed by atoms with E-state index in [1.54, 1.807) is 6.08 Å². The average Bonchev–Trinajstić information content (AvgIpc) is 3.73. The summed E-state index contributed by atoms with van der Waals surface area (Å²) in [7, 11) is -16.4. The Bertz CT molecular complexity index is 1980. The Balaban J connectivity index is 1.40. The predicted octanol–water partition coefficient (Wildman–Crippen LogP) is 2.14. The van der Waals surface area contributed by atoms with Gasteiger partial charge in [-0.25, -0.2) is 28.6 Å². The van der Waals surface area contributed by atoms with Gasteiger partial charge in [0.25, 0.3) is 0 Å². The zero-order chi connectivity index (χ0) is 45.4. The molecule has 10 N–H and O–H groups in total. The van der Waals surface area contributed by atoms with Crippen molar-refractivity contribution in [3.63, 3.8) is 0 Å². The number of aromatic nitrogens is 4. The SMILES string of the molecule is CCCCC/C=C/C/C=C/CC(=O)SCCNC(=O)CCNC(=O)[C@H](O)C(C)(C)COP(=O)(O)OP(=O)(O)OC[C@H]1O[C@@H](n2cnc3c(N)ncnc32)[C@H](O)[C@@H]1OP(=O)(O)O. The van der Waals surface area contributed by atoms with Gasteiger partial charge in [0, 0.05) is 37.1 Å². The fraction of sp³-hybridized carbons (Fsp3) is 0.636. The number of nitrogens with zero attached hydrogens (tertiary/aromatic N) is 4. The second-order valence-corrected chi connectivity index (χ2v) is 19.6. The molecule has 7 atom stereocenters. The van der Waals surface area contributed by atoms with Crippen molar-refractivity contribution in [3.05, 3.63) is 37.0 Å². The number of carbonyl (C=O) groups is 3. The number of aliphatic hydroxyl groups is 2. The van der Waals surface area contributed by atoms with Crippen LogP contribution in [0.25, 0.3) is 11.2 Å². The van der Waals surface area contributed by atoms with E-state index >= 15 is 0 Å². The van der Waals surface area contributed by atoms with Gasteiger partial charge in [-0.15, -0.1) is 0 Å². The quantitative estimate of drug-likeness (QED) is 0.0352. The second kappa shape index (κ2) is 24.2. The Labute approximate surface area is 355 Å². The number of allylic oxidation sites excluding steroid dienone is 4. The number of imidazole rings is 1. The van der Waals surface area contributed by atoms with Crippen LogP contribution in [-0.2, 0) is 50.7 Å². The number of nitrogens with two attached hydrogens (primary N) is 1. The van der Waals surface area contributed by atoms with Gasteiger partial charge in [0.15, 0.2) is 22.8 Å². The van der Waals surface area contributed by atoms with Crippen LogP contribution in [0, 0.1) is 5.41 Å². The minimum absolute atomic E-state index is 0.0306. The van der Waals surface area contributed by atoms with Crippen LogP contribution in [0.15, 0.2) is 37.0 Å². The van der Waals surface area contributed by atoms with Gasteiger partial charge in [-0.1, -0.05) is 69.7 Å². The maximum atomic E-state index is 12.7. The molecule has 0 spiro atoms. The first-order valence-electron chi connectivity index (χ1n) is 18.9. The molecule has 3 rings (SSSR count). The Kier molecular flexibility index (Phi) is 20.8. The fourth-order valence-electron chi connectivity index (χ4n) is 5.43. The Morgan fingerprint density at radius 1 is 1.02 bits per heavy atom. The van der Waals surface area contributed by atoms with Gasteiger partial charge in [0.1, 0.15) is 36.3 Å². The van der Waals surface area contributed by atoms with Gasteiger partial charge in [-0.05, 0) is 19.3 Å². The van der Waals surface area contributed by atoms with E-state index in [1.165, 1.54) is 26.7 Å². The molecule has 28 heteroatoms. The highest BCUT2D eigenvalue weighted by molar-refractivity contribution is 8.13. The lowest BCUT2D eigenvalue weighted by atomic mass is 9.87. The summed E-state index contributed by atoms with van der Waals surface area (Å²) in [5.74, 6) is -1.11. The van der Waals surface area contributed by atoms with Crippen molar-refractivity contribution in [2.75, 3.05) is 37.8 Å². The Morgan fingerprint density at radius 2 is 1.72 bits per heavy atom. The van der Waals surface area contributed by atoms with E-state index in [0.717, 1.165) is 48.2 Å². The lowest BCUT2D eigenvalue weighted by Gasteiger charge is -2.30. The third kappa shape index (κ3) is 18.0. The molecule has 1 fully saturated rings. The molecule has 0 bridgehead atoms. The number of phosphoric ester groups is 3. The van der Waals surface area contributed by atoms with Crippen LogP contribution in [0.5, 0.6) is 0 Å². The topological polar surface area (TPSA) is 364 Å². The van der Waals surface area contributed by atoms with E-state index < -0.39 is 84.6 Å². The van der Waals surface area contributed by atoms with Gasteiger partial charge >= 0.3 is 23.5 Å². The normalized spacial score (nSPS) is 21.1. The van der Waals surface area contributed by atoms with Crippen molar-refractivity contribution >= 4 is 69.1 Å². The molecule has 1 aliphatic rings. The molecule has 0 aliphatic carbocycles. The van der Waals surface area contributed by atoms with Crippen molar-refractivity contribution in [1.82, 2.24) is 30.2 Å². The summed E-state index contributed by atoms with van der Waals surface area (Å²) in [6.45, 7) is 2.65. The first kappa shape index (κ1) is 52.4. The maximum Gasteiger partial charge on any atom is 0.481 e. The number of aliphatic hydroxyl groups excluding tert-OH is 2. The van der Waals surface area contributed by atoms with Crippen LogP contribution in [0.4, 0.5) is 5.82 Å². The smallest absolute Gasteiger partial charge is 0.386 e. The number of thioether (sulfide) groups is 1. The summed E-state index contributed by atoms with van der Waals surface area (Å²) >= 11 is 1.08. The largest absolute Gasteiger partial charge is 0.481 e. The van der Waals surface area contributed by atoms with Gasteiger partial charge in [-0.3, -0.25) is 32.5 Å². The molecule has 2 aromatic heterocycles. The van der Waals surface area contributed by atoms with E-state index in [0.29, 0.717) is 5.75 Å². The minimum atomic E-state index is -5.57. The summed E-state index contributed by atoms with van der Waals surface area (Å²) in [4.78, 5) is 87.9. The first-order chi connectivity index (χ1) is 28.6. The molecule has 3 heterocycles. The third-order valence-electron chi connectivity index (χ3n) is 8.63. The number of anilines is 1. The van der Waals surface area contributed by atoms with Crippen molar-refractivity contribution in [2.24, 2.45) is 5.41 Å². The van der Waals surface area contributed by atoms with Crippen molar-refractivity contribution < 1.29 is 80.5 Å². The summed E-state index contributed by atoms with van der Waals surface area (Å²) in [6.07, 6.45) is 6.62. The molecule has 2 unspecified atom stereocenters. The Hall–Kier alpha value is -2.96. The predicted molar refractivity (Wildman–Crippen MR) is 219 cm³/mol. The number of nitrogens with one attached hydrogen (secondary N) is 2. The molecule has 0 aromatic carbocycles. The van der Waals surface area contributed by atoms with Crippen molar-refractivity contribution in [3.8, 4) is 0 Å². The highest BCUT2D eigenvalue weighted by Crippen LogP contribution is 2.61. The third-order valence-corrected chi connectivity index (χ3v) is 12.6.